The average Bonchev–Trinajstić information content (AvgIpc) is 2.57. The number of likely N-dealkylation sites (tertiary alicyclic amines) is 1. The predicted octanol–water partition coefficient (Wildman–Crippen LogP) is 2.24. The molecule has 3 rings (SSSR count). The molecule has 0 bridgehead atoms. The molecule has 132 valence electrons. The molecule has 5 nitrogen and oxygen atoms in total. The maximum absolute atomic E-state index is 12.3. The number of carbonyl (C=O) groups is 1. The van der Waals surface area contributed by atoms with E-state index in [1.54, 1.807) is 4.90 Å². The van der Waals surface area contributed by atoms with Gasteiger partial charge < -0.3 is 19.7 Å². The molecule has 0 spiro atoms. The zero-order valence-electron chi connectivity index (χ0n) is 14.5. The van der Waals surface area contributed by atoms with E-state index in [0.29, 0.717) is 30.9 Å². The van der Waals surface area contributed by atoms with Gasteiger partial charge in [-0.25, -0.2) is 0 Å². The van der Waals surface area contributed by atoms with Crippen LogP contribution >= 0.6 is 0 Å². The van der Waals surface area contributed by atoms with Gasteiger partial charge in [-0.1, -0.05) is 24.3 Å². The molecule has 1 unspecified atom stereocenters. The molecule has 1 fully saturated rings. The molecule has 1 atom stereocenters. The van der Waals surface area contributed by atoms with Gasteiger partial charge in [0.1, 0.15) is 11.9 Å². The number of amides is 1. The Morgan fingerprint density at radius 3 is 2.64 bits per heavy atom. The van der Waals surface area contributed by atoms with Crippen molar-refractivity contribution >= 4 is 13.0 Å². The van der Waals surface area contributed by atoms with Gasteiger partial charge in [-0.2, -0.15) is 0 Å². The van der Waals surface area contributed by atoms with Crippen LogP contribution in [0.15, 0.2) is 53.8 Å². The highest BCUT2D eigenvalue weighted by molar-refractivity contribution is 6.40. The van der Waals surface area contributed by atoms with Crippen molar-refractivity contribution in [1.29, 1.82) is 0 Å². The highest BCUT2D eigenvalue weighted by Crippen LogP contribution is 2.29. The van der Waals surface area contributed by atoms with E-state index in [1.807, 2.05) is 43.3 Å². The summed E-state index contributed by atoms with van der Waals surface area (Å²) < 4.78 is 6.03. The van der Waals surface area contributed by atoms with Crippen LogP contribution in [-0.2, 0) is 4.74 Å². The van der Waals surface area contributed by atoms with Crippen LogP contribution in [-0.4, -0.2) is 47.2 Å². The lowest BCUT2D eigenvalue weighted by Crippen LogP contribution is -2.54. The van der Waals surface area contributed by atoms with Crippen molar-refractivity contribution in [1.82, 2.24) is 4.90 Å². The zero-order valence-corrected chi connectivity index (χ0v) is 14.5. The van der Waals surface area contributed by atoms with Crippen LogP contribution in [0.3, 0.4) is 0 Å². The molecule has 1 aliphatic carbocycles. The van der Waals surface area contributed by atoms with Gasteiger partial charge in [0.05, 0.1) is 13.1 Å². The standard InChI is InChI=1S/C19H24BNO4/c1-14-11-15(9-10-20(23)24)7-8-18(14)25-17-12-21(13-17)19(22)16-5-3-2-4-6-16/h2-8,15,17,23-24H,9-13H2,1H3. The maximum atomic E-state index is 12.3. The maximum Gasteiger partial charge on any atom is 0.451 e. The average molecular weight is 341 g/mol. The smallest absolute Gasteiger partial charge is 0.451 e. The molecule has 1 aromatic rings. The SMILES string of the molecule is CC1=C(OC2CN(C(=O)c3ccccc3)C2)C=CC(CCB(O)O)C1. The number of allylic oxidation sites excluding steroid dienone is 3. The van der Waals surface area contributed by atoms with Crippen LogP contribution in [0.1, 0.15) is 30.1 Å². The van der Waals surface area contributed by atoms with Crippen molar-refractivity contribution in [3.05, 3.63) is 59.4 Å². The normalized spacial score (nSPS) is 20.4. The molecule has 25 heavy (non-hydrogen) atoms. The zero-order chi connectivity index (χ0) is 17.8. The molecule has 1 heterocycles. The van der Waals surface area contributed by atoms with E-state index in [1.165, 1.54) is 5.57 Å². The van der Waals surface area contributed by atoms with E-state index in [9.17, 15) is 4.79 Å². The summed E-state index contributed by atoms with van der Waals surface area (Å²) in [6.07, 6.45) is 6.11. The molecule has 0 saturated carbocycles. The Kier molecular flexibility index (Phi) is 5.61. The number of nitrogens with zero attached hydrogens (tertiary/aromatic N) is 1. The van der Waals surface area contributed by atoms with Crippen molar-refractivity contribution < 1.29 is 19.6 Å². The highest BCUT2D eigenvalue weighted by atomic mass is 16.5. The topological polar surface area (TPSA) is 70.0 Å². The molecule has 0 aromatic heterocycles. The summed E-state index contributed by atoms with van der Waals surface area (Å²) in [6, 6.07) is 9.30. The Hall–Kier alpha value is -2.05. The number of hydrogen-bond acceptors (Lipinski definition) is 4. The van der Waals surface area contributed by atoms with Crippen LogP contribution in [0.4, 0.5) is 0 Å². The van der Waals surface area contributed by atoms with Gasteiger partial charge in [0, 0.05) is 5.56 Å². The summed E-state index contributed by atoms with van der Waals surface area (Å²) in [6.45, 7) is 3.27. The van der Waals surface area contributed by atoms with Crippen molar-refractivity contribution in [2.24, 2.45) is 5.92 Å². The van der Waals surface area contributed by atoms with Crippen LogP contribution < -0.4 is 0 Å². The fourth-order valence-electron chi connectivity index (χ4n) is 3.25. The third-order valence-corrected chi connectivity index (χ3v) is 4.75. The number of carbonyl (C=O) groups excluding carboxylic acids is 1. The molecule has 6 heteroatoms. The molecule has 1 aliphatic heterocycles. The lowest BCUT2D eigenvalue weighted by molar-refractivity contribution is -0.0106. The van der Waals surface area contributed by atoms with Crippen molar-refractivity contribution in [2.75, 3.05) is 13.1 Å². The van der Waals surface area contributed by atoms with Crippen LogP contribution in [0.2, 0.25) is 6.32 Å². The number of hydrogen-bond donors (Lipinski definition) is 2. The first kappa shape index (κ1) is 17.8. The Morgan fingerprint density at radius 1 is 1.28 bits per heavy atom. The molecule has 2 aliphatic rings. The lowest BCUT2D eigenvalue weighted by atomic mass is 9.78. The van der Waals surface area contributed by atoms with Crippen molar-refractivity contribution in [3.8, 4) is 0 Å². The third-order valence-electron chi connectivity index (χ3n) is 4.75. The summed E-state index contributed by atoms with van der Waals surface area (Å²) in [5.41, 5.74) is 1.88. The van der Waals surface area contributed by atoms with Crippen LogP contribution in [0.5, 0.6) is 0 Å². The Balaban J connectivity index is 1.46. The first-order valence-corrected chi connectivity index (χ1v) is 8.78. The predicted molar refractivity (Wildman–Crippen MR) is 96.8 cm³/mol. The van der Waals surface area contributed by atoms with E-state index >= 15 is 0 Å². The Morgan fingerprint density at radius 2 is 2.00 bits per heavy atom. The summed E-state index contributed by atoms with van der Waals surface area (Å²) in [7, 11) is -1.24. The molecule has 0 radical (unpaired) electrons. The Bertz CT molecular complexity index is 665. The van der Waals surface area contributed by atoms with Gasteiger partial charge in [-0.15, -0.1) is 0 Å². The van der Waals surface area contributed by atoms with Gasteiger partial charge in [0.25, 0.3) is 5.91 Å². The summed E-state index contributed by atoms with van der Waals surface area (Å²) in [5.74, 6) is 1.26. The minimum absolute atomic E-state index is 0.0399. The third kappa shape index (κ3) is 4.52. The fraction of sp³-hybridized carbons (Fsp3) is 0.421. The van der Waals surface area contributed by atoms with Crippen molar-refractivity contribution in [3.63, 3.8) is 0 Å². The summed E-state index contributed by atoms with van der Waals surface area (Å²) >= 11 is 0. The second-order valence-electron chi connectivity index (χ2n) is 6.84. The van der Waals surface area contributed by atoms with E-state index in [-0.39, 0.29) is 12.0 Å². The van der Waals surface area contributed by atoms with Gasteiger partial charge in [0.2, 0.25) is 0 Å². The molecule has 2 N–H and O–H groups in total. The fourth-order valence-corrected chi connectivity index (χ4v) is 3.25. The van der Waals surface area contributed by atoms with E-state index in [4.69, 9.17) is 14.8 Å². The number of ether oxygens (including phenoxy) is 1. The van der Waals surface area contributed by atoms with E-state index in [0.717, 1.165) is 18.6 Å². The van der Waals surface area contributed by atoms with E-state index < -0.39 is 7.12 Å². The summed E-state index contributed by atoms with van der Waals surface area (Å²) in [5, 5.41) is 17.9. The first-order valence-electron chi connectivity index (χ1n) is 8.78. The van der Waals surface area contributed by atoms with Gasteiger partial charge in [-0.05, 0) is 55.8 Å². The van der Waals surface area contributed by atoms with Gasteiger partial charge in [0.15, 0.2) is 0 Å². The number of benzene rings is 1. The number of rotatable bonds is 6. The van der Waals surface area contributed by atoms with Gasteiger partial charge in [-0.3, -0.25) is 4.79 Å². The molecular formula is C19H24BNO4. The molecular weight excluding hydrogens is 317 g/mol. The van der Waals surface area contributed by atoms with Crippen LogP contribution in [0, 0.1) is 5.92 Å². The molecule has 1 saturated heterocycles. The first-order chi connectivity index (χ1) is 12.0. The monoisotopic (exact) mass is 341 g/mol. The minimum atomic E-state index is -1.24. The van der Waals surface area contributed by atoms with E-state index in [2.05, 4.69) is 6.08 Å². The summed E-state index contributed by atoms with van der Waals surface area (Å²) in [4.78, 5) is 14.1. The highest BCUT2D eigenvalue weighted by Gasteiger charge is 2.33. The molecule has 1 amide bonds. The second-order valence-corrected chi connectivity index (χ2v) is 6.84. The Labute approximate surface area is 148 Å². The lowest BCUT2D eigenvalue weighted by Gasteiger charge is -2.40. The van der Waals surface area contributed by atoms with Crippen molar-refractivity contribution in [2.45, 2.75) is 32.2 Å². The van der Waals surface area contributed by atoms with Crippen LogP contribution in [0.25, 0.3) is 0 Å². The quantitative estimate of drug-likeness (QED) is 0.779. The van der Waals surface area contributed by atoms with Gasteiger partial charge >= 0.3 is 7.12 Å². The molecule has 1 aromatic carbocycles. The largest absolute Gasteiger partial charge is 0.487 e. The minimum Gasteiger partial charge on any atom is -0.487 e. The second kappa shape index (κ2) is 7.89.